The SMILES string of the molecule is Cc1cc(N(C)CC2CCCNC2)ncn1. The summed E-state index contributed by atoms with van der Waals surface area (Å²) in [5.41, 5.74) is 1.03. The van der Waals surface area contributed by atoms with Crippen LogP contribution in [0.25, 0.3) is 0 Å². The number of anilines is 1. The minimum atomic E-state index is 0.744. The van der Waals surface area contributed by atoms with Gasteiger partial charge in [-0.2, -0.15) is 0 Å². The number of nitrogens with one attached hydrogen (secondary N) is 1. The van der Waals surface area contributed by atoms with Gasteiger partial charge in [0.05, 0.1) is 0 Å². The van der Waals surface area contributed by atoms with Gasteiger partial charge in [0.25, 0.3) is 0 Å². The summed E-state index contributed by atoms with van der Waals surface area (Å²) in [4.78, 5) is 10.6. The van der Waals surface area contributed by atoms with Gasteiger partial charge in [-0.05, 0) is 38.8 Å². The van der Waals surface area contributed by atoms with Crippen molar-refractivity contribution in [3.8, 4) is 0 Å². The molecule has 0 spiro atoms. The summed E-state index contributed by atoms with van der Waals surface area (Å²) in [7, 11) is 2.11. The Morgan fingerprint density at radius 1 is 1.50 bits per heavy atom. The lowest BCUT2D eigenvalue weighted by Gasteiger charge is -2.28. The van der Waals surface area contributed by atoms with Gasteiger partial charge in [0, 0.05) is 25.4 Å². The normalized spacial score (nSPS) is 20.8. The highest BCUT2D eigenvalue weighted by Crippen LogP contribution is 2.15. The van der Waals surface area contributed by atoms with Crippen LogP contribution in [0.1, 0.15) is 18.5 Å². The van der Waals surface area contributed by atoms with E-state index in [4.69, 9.17) is 0 Å². The second-order valence-corrected chi connectivity index (χ2v) is 4.61. The predicted molar refractivity (Wildman–Crippen MR) is 65.6 cm³/mol. The Morgan fingerprint density at radius 3 is 3.06 bits per heavy atom. The number of nitrogens with zero attached hydrogens (tertiary/aromatic N) is 3. The van der Waals surface area contributed by atoms with Crippen LogP contribution in [0.15, 0.2) is 12.4 Å². The van der Waals surface area contributed by atoms with Crippen LogP contribution in [-0.4, -0.2) is 36.6 Å². The quantitative estimate of drug-likeness (QED) is 0.831. The molecule has 2 rings (SSSR count). The van der Waals surface area contributed by atoms with Crippen LogP contribution in [0.3, 0.4) is 0 Å². The molecular formula is C12H20N4. The van der Waals surface area contributed by atoms with Gasteiger partial charge in [-0.3, -0.25) is 0 Å². The number of rotatable bonds is 3. The van der Waals surface area contributed by atoms with Gasteiger partial charge in [0.2, 0.25) is 0 Å². The number of hydrogen-bond acceptors (Lipinski definition) is 4. The molecule has 1 aliphatic heterocycles. The zero-order valence-corrected chi connectivity index (χ0v) is 10.1. The molecule has 88 valence electrons. The summed E-state index contributed by atoms with van der Waals surface area (Å²) in [6.45, 7) is 5.38. The molecule has 16 heavy (non-hydrogen) atoms. The van der Waals surface area contributed by atoms with Crippen LogP contribution < -0.4 is 10.2 Å². The molecule has 0 amide bonds. The molecular weight excluding hydrogens is 200 g/mol. The lowest BCUT2D eigenvalue weighted by molar-refractivity contribution is 0.380. The molecule has 1 fully saturated rings. The van der Waals surface area contributed by atoms with Gasteiger partial charge >= 0.3 is 0 Å². The third-order valence-electron chi connectivity index (χ3n) is 3.11. The van der Waals surface area contributed by atoms with E-state index < -0.39 is 0 Å². The number of hydrogen-bond donors (Lipinski definition) is 1. The van der Waals surface area contributed by atoms with Crippen molar-refractivity contribution in [2.24, 2.45) is 5.92 Å². The Balaban J connectivity index is 1.94. The molecule has 1 saturated heterocycles. The van der Waals surface area contributed by atoms with Crippen molar-refractivity contribution in [3.05, 3.63) is 18.1 Å². The molecule has 4 heteroatoms. The van der Waals surface area contributed by atoms with Gasteiger partial charge in [-0.1, -0.05) is 0 Å². The number of piperidine rings is 1. The van der Waals surface area contributed by atoms with Crippen molar-refractivity contribution < 1.29 is 0 Å². The molecule has 0 bridgehead atoms. The van der Waals surface area contributed by atoms with E-state index in [1.165, 1.54) is 19.4 Å². The summed E-state index contributed by atoms with van der Waals surface area (Å²) in [6, 6.07) is 2.04. The van der Waals surface area contributed by atoms with Gasteiger partial charge < -0.3 is 10.2 Å². The van der Waals surface area contributed by atoms with E-state index in [1.54, 1.807) is 6.33 Å². The van der Waals surface area contributed by atoms with E-state index in [9.17, 15) is 0 Å². The van der Waals surface area contributed by atoms with Crippen molar-refractivity contribution in [2.45, 2.75) is 19.8 Å². The average Bonchev–Trinajstić information content (AvgIpc) is 2.30. The first kappa shape index (κ1) is 11.3. The summed E-state index contributed by atoms with van der Waals surface area (Å²) in [6.07, 6.45) is 4.25. The first-order valence-electron chi connectivity index (χ1n) is 5.96. The molecule has 0 saturated carbocycles. The zero-order valence-electron chi connectivity index (χ0n) is 10.1. The van der Waals surface area contributed by atoms with Crippen LogP contribution in [-0.2, 0) is 0 Å². The highest BCUT2D eigenvalue weighted by atomic mass is 15.2. The molecule has 1 atom stereocenters. The standard InChI is InChI=1S/C12H20N4/c1-10-6-12(15-9-14-10)16(2)8-11-4-3-5-13-7-11/h6,9,11,13H,3-5,7-8H2,1-2H3. The van der Waals surface area contributed by atoms with Crippen molar-refractivity contribution in [3.63, 3.8) is 0 Å². The summed E-state index contributed by atoms with van der Waals surface area (Å²) >= 11 is 0. The van der Waals surface area contributed by atoms with Gasteiger partial charge in [-0.15, -0.1) is 0 Å². The van der Waals surface area contributed by atoms with Crippen molar-refractivity contribution in [1.82, 2.24) is 15.3 Å². The summed E-state index contributed by atoms with van der Waals surface area (Å²) < 4.78 is 0. The average molecular weight is 220 g/mol. The second kappa shape index (κ2) is 5.25. The maximum atomic E-state index is 4.30. The second-order valence-electron chi connectivity index (χ2n) is 4.61. The van der Waals surface area contributed by atoms with E-state index >= 15 is 0 Å². The third-order valence-corrected chi connectivity index (χ3v) is 3.11. The van der Waals surface area contributed by atoms with Gasteiger partial charge in [0.1, 0.15) is 12.1 Å². The van der Waals surface area contributed by atoms with E-state index in [2.05, 4.69) is 27.2 Å². The highest BCUT2D eigenvalue weighted by molar-refractivity contribution is 5.37. The van der Waals surface area contributed by atoms with Crippen LogP contribution >= 0.6 is 0 Å². The topological polar surface area (TPSA) is 41.0 Å². The van der Waals surface area contributed by atoms with Crippen LogP contribution in [0, 0.1) is 12.8 Å². The Bertz CT molecular complexity index is 334. The third kappa shape index (κ3) is 2.92. The van der Waals surface area contributed by atoms with Gasteiger partial charge in [0.15, 0.2) is 0 Å². The maximum Gasteiger partial charge on any atom is 0.131 e. The Kier molecular flexibility index (Phi) is 3.72. The molecule has 0 aliphatic carbocycles. The van der Waals surface area contributed by atoms with Crippen molar-refractivity contribution in [1.29, 1.82) is 0 Å². The Hall–Kier alpha value is -1.16. The minimum absolute atomic E-state index is 0.744. The first-order chi connectivity index (χ1) is 7.75. The molecule has 1 N–H and O–H groups in total. The molecule has 0 radical (unpaired) electrons. The molecule has 2 heterocycles. The fraction of sp³-hybridized carbons (Fsp3) is 0.667. The fourth-order valence-corrected chi connectivity index (χ4v) is 2.21. The van der Waals surface area contributed by atoms with Crippen molar-refractivity contribution >= 4 is 5.82 Å². The largest absolute Gasteiger partial charge is 0.359 e. The smallest absolute Gasteiger partial charge is 0.131 e. The van der Waals surface area contributed by atoms with Crippen molar-refractivity contribution in [2.75, 3.05) is 31.6 Å². The van der Waals surface area contributed by atoms with E-state index in [0.717, 1.165) is 30.5 Å². The van der Waals surface area contributed by atoms with E-state index in [-0.39, 0.29) is 0 Å². The molecule has 1 aliphatic rings. The Morgan fingerprint density at radius 2 is 2.38 bits per heavy atom. The van der Waals surface area contributed by atoms with Crippen LogP contribution in [0.4, 0.5) is 5.82 Å². The highest BCUT2D eigenvalue weighted by Gasteiger charge is 2.15. The number of aryl methyl sites for hydroxylation is 1. The van der Waals surface area contributed by atoms with Gasteiger partial charge in [-0.25, -0.2) is 9.97 Å². The predicted octanol–water partition coefficient (Wildman–Crippen LogP) is 1.22. The maximum absolute atomic E-state index is 4.30. The molecule has 0 aromatic carbocycles. The molecule has 1 aromatic heterocycles. The Labute approximate surface area is 97.1 Å². The zero-order chi connectivity index (χ0) is 11.4. The first-order valence-corrected chi connectivity index (χ1v) is 5.96. The van der Waals surface area contributed by atoms with E-state index in [0.29, 0.717) is 0 Å². The molecule has 1 unspecified atom stereocenters. The summed E-state index contributed by atoms with van der Waals surface area (Å²) in [5.74, 6) is 1.77. The van der Waals surface area contributed by atoms with E-state index in [1.807, 2.05) is 13.0 Å². The minimum Gasteiger partial charge on any atom is -0.359 e. The molecule has 4 nitrogen and oxygen atoms in total. The molecule has 1 aromatic rings. The fourth-order valence-electron chi connectivity index (χ4n) is 2.21. The van der Waals surface area contributed by atoms with Crippen LogP contribution in [0.5, 0.6) is 0 Å². The number of aromatic nitrogens is 2. The summed E-state index contributed by atoms with van der Waals surface area (Å²) in [5, 5.41) is 3.44. The van der Waals surface area contributed by atoms with Crippen LogP contribution in [0.2, 0.25) is 0 Å². The lowest BCUT2D eigenvalue weighted by Crippen LogP contribution is -2.37. The monoisotopic (exact) mass is 220 g/mol. The lowest BCUT2D eigenvalue weighted by atomic mass is 9.99.